The van der Waals surface area contributed by atoms with Crippen LogP contribution in [0.5, 0.6) is 0 Å². The second-order valence-electron chi connectivity index (χ2n) is 3.95. The fraction of sp³-hybridized carbons (Fsp3) is 0.143. The molecule has 0 aliphatic carbocycles. The van der Waals surface area contributed by atoms with Crippen LogP contribution in [0.25, 0.3) is 0 Å². The molecule has 2 aromatic rings. The zero-order valence-electron chi connectivity index (χ0n) is 8.69. The maximum Gasteiger partial charge on any atom is 0.137 e. The molecule has 1 heterocycles. The lowest BCUT2D eigenvalue weighted by molar-refractivity contribution is 0.600. The Kier molecular flexibility index (Phi) is 2.44. The Balaban J connectivity index is 1.94. The van der Waals surface area contributed by atoms with Gasteiger partial charge in [0.15, 0.2) is 0 Å². The molecule has 1 atom stereocenters. The molecule has 0 nitrogen and oxygen atoms in total. The first-order valence-corrected chi connectivity index (χ1v) is 6.21. The van der Waals surface area contributed by atoms with Gasteiger partial charge in [-0.3, -0.25) is 0 Å². The number of hydrogen-bond acceptors (Lipinski definition) is 1. The molecule has 16 heavy (non-hydrogen) atoms. The lowest BCUT2D eigenvalue weighted by atomic mass is 10.0. The van der Waals surface area contributed by atoms with Crippen molar-refractivity contribution >= 4 is 11.8 Å². The van der Waals surface area contributed by atoms with Crippen LogP contribution in [0.4, 0.5) is 4.39 Å². The third-order valence-corrected chi connectivity index (χ3v) is 4.30. The Labute approximate surface area is 98.5 Å². The second-order valence-corrected chi connectivity index (χ2v) is 5.16. The van der Waals surface area contributed by atoms with Crippen LogP contribution in [-0.4, -0.2) is 0 Å². The van der Waals surface area contributed by atoms with Crippen molar-refractivity contribution in [1.29, 1.82) is 0 Å². The van der Waals surface area contributed by atoms with Crippen molar-refractivity contribution in [3.8, 4) is 0 Å². The smallest absolute Gasteiger partial charge is 0.137 e. The molecule has 0 saturated heterocycles. The fourth-order valence-corrected chi connectivity index (χ4v) is 3.41. The molecule has 1 aliphatic rings. The van der Waals surface area contributed by atoms with Crippen LogP contribution in [0.2, 0.25) is 0 Å². The van der Waals surface area contributed by atoms with Crippen LogP contribution in [0, 0.1) is 5.82 Å². The molecule has 2 heteroatoms. The van der Waals surface area contributed by atoms with Crippen LogP contribution >= 0.6 is 11.8 Å². The molecule has 0 aromatic heterocycles. The molecule has 0 radical (unpaired) electrons. The van der Waals surface area contributed by atoms with Gasteiger partial charge < -0.3 is 0 Å². The minimum Gasteiger partial charge on any atom is -0.206 e. The van der Waals surface area contributed by atoms with Gasteiger partial charge in [0.25, 0.3) is 0 Å². The Hall–Kier alpha value is -1.28. The molecule has 0 saturated carbocycles. The summed E-state index contributed by atoms with van der Waals surface area (Å²) in [6, 6.07) is 15.7. The summed E-state index contributed by atoms with van der Waals surface area (Å²) in [5.41, 5.74) is 2.42. The van der Waals surface area contributed by atoms with Crippen molar-refractivity contribution in [2.75, 3.05) is 0 Å². The predicted molar refractivity (Wildman–Crippen MR) is 65.1 cm³/mol. The number of benzene rings is 2. The molecule has 80 valence electrons. The van der Waals surface area contributed by atoms with Gasteiger partial charge in [-0.25, -0.2) is 4.39 Å². The van der Waals surface area contributed by atoms with E-state index in [0.717, 1.165) is 16.9 Å². The lowest BCUT2D eigenvalue weighted by Crippen LogP contribution is -1.91. The summed E-state index contributed by atoms with van der Waals surface area (Å²) in [6.45, 7) is 0. The van der Waals surface area contributed by atoms with Crippen molar-refractivity contribution in [2.24, 2.45) is 0 Å². The third-order valence-electron chi connectivity index (χ3n) is 2.89. The molecule has 0 amide bonds. The van der Waals surface area contributed by atoms with Crippen molar-refractivity contribution in [3.63, 3.8) is 0 Å². The first kappa shape index (κ1) is 9.91. The van der Waals surface area contributed by atoms with Gasteiger partial charge in [0.1, 0.15) is 5.82 Å². The van der Waals surface area contributed by atoms with Crippen molar-refractivity contribution in [2.45, 2.75) is 16.6 Å². The third kappa shape index (κ3) is 1.63. The summed E-state index contributed by atoms with van der Waals surface area (Å²) in [5, 5.41) is 0.369. The highest BCUT2D eigenvalue weighted by molar-refractivity contribution is 7.99. The van der Waals surface area contributed by atoms with Crippen LogP contribution in [0.3, 0.4) is 0 Å². The number of rotatable bonds is 1. The lowest BCUT2D eigenvalue weighted by Gasteiger charge is -2.07. The highest BCUT2D eigenvalue weighted by Crippen LogP contribution is 2.47. The van der Waals surface area contributed by atoms with Gasteiger partial charge in [-0.15, -0.1) is 11.8 Å². The predicted octanol–water partition coefficient (Wildman–Crippen LogP) is 4.22. The molecule has 0 bridgehead atoms. The Morgan fingerprint density at radius 3 is 2.56 bits per heavy atom. The molecular weight excluding hydrogens is 219 g/mol. The van der Waals surface area contributed by atoms with Gasteiger partial charge in [-0.1, -0.05) is 42.5 Å². The Bertz CT molecular complexity index is 507. The zero-order chi connectivity index (χ0) is 11.0. The van der Waals surface area contributed by atoms with Gasteiger partial charge in [0.05, 0.1) is 0 Å². The summed E-state index contributed by atoms with van der Waals surface area (Å²) in [4.78, 5) is 0.830. The molecule has 1 unspecified atom stereocenters. The zero-order valence-corrected chi connectivity index (χ0v) is 9.51. The van der Waals surface area contributed by atoms with Gasteiger partial charge in [-0.05, 0) is 23.6 Å². The topological polar surface area (TPSA) is 0 Å². The molecule has 1 aliphatic heterocycles. The average Bonchev–Trinajstić information content (AvgIpc) is 2.76. The van der Waals surface area contributed by atoms with E-state index in [1.807, 2.05) is 24.3 Å². The number of hydrogen-bond donors (Lipinski definition) is 0. The molecule has 3 rings (SSSR count). The van der Waals surface area contributed by atoms with E-state index in [1.54, 1.807) is 23.9 Å². The van der Waals surface area contributed by atoms with E-state index in [4.69, 9.17) is 0 Å². The summed E-state index contributed by atoms with van der Waals surface area (Å²) in [7, 11) is 0. The Morgan fingerprint density at radius 2 is 1.81 bits per heavy atom. The molecule has 0 fully saturated rings. The fourth-order valence-electron chi connectivity index (χ4n) is 2.08. The summed E-state index contributed by atoms with van der Waals surface area (Å²) >= 11 is 1.64. The molecule has 0 spiro atoms. The highest BCUT2D eigenvalue weighted by atomic mass is 32.2. The van der Waals surface area contributed by atoms with Crippen LogP contribution in [0.1, 0.15) is 16.4 Å². The molecule has 2 aromatic carbocycles. The summed E-state index contributed by atoms with van der Waals surface area (Å²) in [6.07, 6.45) is 0.932. The Morgan fingerprint density at radius 1 is 1.00 bits per heavy atom. The van der Waals surface area contributed by atoms with Gasteiger partial charge >= 0.3 is 0 Å². The number of thioether (sulfide) groups is 1. The van der Waals surface area contributed by atoms with Crippen LogP contribution in [0.15, 0.2) is 53.4 Å². The second kappa shape index (κ2) is 3.95. The first-order chi connectivity index (χ1) is 7.84. The van der Waals surface area contributed by atoms with E-state index >= 15 is 0 Å². The summed E-state index contributed by atoms with van der Waals surface area (Å²) < 4.78 is 13.6. The van der Waals surface area contributed by atoms with Gasteiger partial charge in [0, 0.05) is 10.1 Å². The average molecular weight is 230 g/mol. The number of halogens is 1. The van der Waals surface area contributed by atoms with Gasteiger partial charge in [-0.2, -0.15) is 0 Å². The maximum absolute atomic E-state index is 13.6. The van der Waals surface area contributed by atoms with E-state index in [0.29, 0.717) is 5.25 Å². The van der Waals surface area contributed by atoms with Gasteiger partial charge in [0.2, 0.25) is 0 Å². The van der Waals surface area contributed by atoms with E-state index in [-0.39, 0.29) is 5.82 Å². The minimum atomic E-state index is -0.0825. The quantitative estimate of drug-likeness (QED) is 0.707. The van der Waals surface area contributed by atoms with E-state index in [2.05, 4.69) is 12.1 Å². The van der Waals surface area contributed by atoms with Crippen molar-refractivity contribution in [3.05, 3.63) is 65.5 Å². The van der Waals surface area contributed by atoms with Crippen LogP contribution < -0.4 is 0 Å². The maximum atomic E-state index is 13.6. The van der Waals surface area contributed by atoms with E-state index < -0.39 is 0 Å². The first-order valence-electron chi connectivity index (χ1n) is 5.33. The summed E-state index contributed by atoms with van der Waals surface area (Å²) in [5.74, 6) is -0.0825. The molecule has 0 N–H and O–H groups in total. The number of fused-ring (bicyclic) bond motifs is 1. The normalized spacial score (nSPS) is 18.4. The SMILES string of the molecule is Fc1cccc2c1SC(c1ccccc1)C2. The van der Waals surface area contributed by atoms with Crippen LogP contribution in [-0.2, 0) is 6.42 Å². The highest BCUT2D eigenvalue weighted by Gasteiger charge is 2.25. The minimum absolute atomic E-state index is 0.0825. The standard InChI is InChI=1S/C14H11FS/c15-12-8-4-7-11-9-13(16-14(11)12)10-5-2-1-3-6-10/h1-8,13H,9H2. The largest absolute Gasteiger partial charge is 0.206 e. The monoisotopic (exact) mass is 230 g/mol. The van der Waals surface area contributed by atoms with E-state index in [1.165, 1.54) is 5.56 Å². The molecular formula is C14H11FS. The van der Waals surface area contributed by atoms with E-state index in [9.17, 15) is 4.39 Å². The van der Waals surface area contributed by atoms with Crippen molar-refractivity contribution < 1.29 is 4.39 Å². The van der Waals surface area contributed by atoms with Crippen molar-refractivity contribution in [1.82, 2.24) is 0 Å².